The molecule has 0 saturated carbocycles. The van der Waals surface area contributed by atoms with E-state index in [9.17, 15) is 4.79 Å². The predicted octanol–water partition coefficient (Wildman–Crippen LogP) is 1.55. The molecular weight excluding hydrogens is 390 g/mol. The zero-order valence-corrected chi connectivity index (χ0v) is 19.2. The fraction of sp³-hybridized carbons (Fsp3) is 0.696. The van der Waals surface area contributed by atoms with Gasteiger partial charge in [-0.25, -0.2) is 4.98 Å². The highest BCUT2D eigenvalue weighted by Gasteiger charge is 2.22. The summed E-state index contributed by atoms with van der Waals surface area (Å²) in [6, 6.07) is 6.41. The second-order valence-corrected chi connectivity index (χ2v) is 8.33. The molecule has 2 fully saturated rings. The Kier molecular flexibility index (Phi) is 9.39. The van der Waals surface area contributed by atoms with Crippen LogP contribution in [0.5, 0.6) is 0 Å². The molecule has 3 rings (SSSR count). The Labute approximate surface area is 187 Å². The van der Waals surface area contributed by atoms with Crippen LogP contribution in [0.1, 0.15) is 39.5 Å². The Balaban J connectivity index is 1.40. The molecule has 8 heteroatoms. The predicted molar refractivity (Wildman–Crippen MR) is 127 cm³/mol. The molecule has 1 aromatic rings. The maximum absolute atomic E-state index is 12.6. The van der Waals surface area contributed by atoms with Crippen molar-refractivity contribution in [3.8, 4) is 0 Å². The second-order valence-electron chi connectivity index (χ2n) is 8.33. The zero-order chi connectivity index (χ0) is 21.9. The number of amides is 1. The molecule has 1 amide bonds. The third kappa shape index (κ3) is 7.38. The maximum Gasteiger partial charge on any atom is 0.224 e. The number of nitrogens with one attached hydrogen (secondary N) is 2. The molecule has 0 unspecified atom stereocenters. The Bertz CT molecular complexity index is 680. The number of carbonyl (C=O) groups is 1. The van der Waals surface area contributed by atoms with Crippen LogP contribution in [-0.4, -0.2) is 91.6 Å². The molecule has 8 nitrogen and oxygen atoms in total. The molecule has 2 aliphatic rings. The van der Waals surface area contributed by atoms with Gasteiger partial charge < -0.3 is 25.3 Å². The van der Waals surface area contributed by atoms with Crippen LogP contribution < -0.4 is 15.5 Å². The molecule has 1 aromatic heterocycles. The van der Waals surface area contributed by atoms with Crippen LogP contribution >= 0.6 is 0 Å². The zero-order valence-electron chi connectivity index (χ0n) is 19.2. The molecule has 3 heterocycles. The monoisotopic (exact) mass is 429 g/mol. The SMILES string of the molecule is CCCN1CCC(NC(=NCCC(=O)N2CCN(c3ccccn3)CC2)NCC)CC1. The Morgan fingerprint density at radius 3 is 2.55 bits per heavy atom. The molecule has 0 radical (unpaired) electrons. The van der Waals surface area contributed by atoms with Gasteiger partial charge in [0.1, 0.15) is 5.82 Å². The number of likely N-dealkylation sites (tertiary alicyclic amines) is 1. The van der Waals surface area contributed by atoms with Gasteiger partial charge in [0.25, 0.3) is 0 Å². The highest BCUT2D eigenvalue weighted by atomic mass is 16.2. The first-order valence-corrected chi connectivity index (χ1v) is 11.9. The van der Waals surface area contributed by atoms with Crippen molar-refractivity contribution in [2.45, 2.75) is 45.6 Å². The molecule has 2 aliphatic heterocycles. The summed E-state index contributed by atoms with van der Waals surface area (Å²) in [7, 11) is 0. The van der Waals surface area contributed by atoms with E-state index in [1.165, 1.54) is 13.0 Å². The van der Waals surface area contributed by atoms with E-state index in [1.54, 1.807) is 0 Å². The van der Waals surface area contributed by atoms with Gasteiger partial charge in [0.2, 0.25) is 5.91 Å². The van der Waals surface area contributed by atoms with Crippen LogP contribution in [0.15, 0.2) is 29.4 Å². The number of guanidine groups is 1. The number of hydrogen-bond acceptors (Lipinski definition) is 5. The summed E-state index contributed by atoms with van der Waals surface area (Å²) in [5, 5.41) is 6.90. The second kappa shape index (κ2) is 12.5. The lowest BCUT2D eigenvalue weighted by Crippen LogP contribution is -2.49. The number of anilines is 1. The number of aliphatic imine (C=N–C) groups is 1. The van der Waals surface area contributed by atoms with Crippen molar-refractivity contribution in [3.63, 3.8) is 0 Å². The van der Waals surface area contributed by atoms with Crippen LogP contribution in [0.2, 0.25) is 0 Å². The van der Waals surface area contributed by atoms with E-state index in [2.05, 4.69) is 44.3 Å². The largest absolute Gasteiger partial charge is 0.357 e. The average Bonchev–Trinajstić information content (AvgIpc) is 2.81. The third-order valence-electron chi connectivity index (χ3n) is 6.01. The van der Waals surface area contributed by atoms with Crippen LogP contribution in [0.4, 0.5) is 5.82 Å². The minimum absolute atomic E-state index is 0.188. The van der Waals surface area contributed by atoms with Crippen molar-refractivity contribution in [2.24, 2.45) is 4.99 Å². The van der Waals surface area contributed by atoms with Crippen LogP contribution in [-0.2, 0) is 4.79 Å². The molecular formula is C23H39N7O. The van der Waals surface area contributed by atoms with E-state index >= 15 is 0 Å². The first-order valence-electron chi connectivity index (χ1n) is 11.9. The molecule has 2 saturated heterocycles. The number of nitrogens with zero attached hydrogens (tertiary/aromatic N) is 5. The van der Waals surface area contributed by atoms with Crippen LogP contribution in [0, 0.1) is 0 Å². The summed E-state index contributed by atoms with van der Waals surface area (Å²) in [5.74, 6) is 2.01. The molecule has 172 valence electrons. The summed E-state index contributed by atoms with van der Waals surface area (Å²) >= 11 is 0. The number of piperazine rings is 1. The first-order chi connectivity index (χ1) is 15.2. The summed E-state index contributed by atoms with van der Waals surface area (Å²) in [6.07, 6.45) is 5.77. The van der Waals surface area contributed by atoms with E-state index in [0.717, 1.165) is 70.4 Å². The fourth-order valence-corrected chi connectivity index (χ4v) is 4.28. The fourth-order valence-electron chi connectivity index (χ4n) is 4.28. The van der Waals surface area contributed by atoms with Gasteiger partial charge in [0.15, 0.2) is 5.96 Å². The Morgan fingerprint density at radius 2 is 1.90 bits per heavy atom. The highest BCUT2D eigenvalue weighted by Crippen LogP contribution is 2.13. The number of carbonyl (C=O) groups excluding carboxylic acids is 1. The van der Waals surface area contributed by atoms with Crippen molar-refractivity contribution < 1.29 is 4.79 Å². The Hall–Kier alpha value is -2.35. The quantitative estimate of drug-likeness (QED) is 0.482. The standard InChI is InChI=1S/C23H39N7O/c1-3-13-28-14-9-20(10-15-28)27-23(24-4-2)26-12-8-22(31)30-18-16-29(17-19-30)21-7-5-6-11-25-21/h5-7,11,20H,3-4,8-10,12-19H2,1-2H3,(H2,24,26,27). The van der Waals surface area contributed by atoms with Crippen molar-refractivity contribution in [1.29, 1.82) is 0 Å². The smallest absolute Gasteiger partial charge is 0.224 e. The Morgan fingerprint density at radius 1 is 1.13 bits per heavy atom. The van der Waals surface area contributed by atoms with Crippen molar-refractivity contribution >= 4 is 17.7 Å². The van der Waals surface area contributed by atoms with Crippen LogP contribution in [0.3, 0.4) is 0 Å². The maximum atomic E-state index is 12.6. The first kappa shape index (κ1) is 23.3. The summed E-state index contributed by atoms with van der Waals surface area (Å²) in [6.45, 7) is 12.3. The van der Waals surface area contributed by atoms with Gasteiger partial charge in [-0.2, -0.15) is 0 Å². The van der Waals surface area contributed by atoms with E-state index in [1.807, 2.05) is 29.3 Å². The van der Waals surface area contributed by atoms with E-state index in [0.29, 0.717) is 19.0 Å². The van der Waals surface area contributed by atoms with Gasteiger partial charge in [0.05, 0.1) is 6.54 Å². The number of rotatable bonds is 8. The van der Waals surface area contributed by atoms with Crippen molar-refractivity contribution in [3.05, 3.63) is 24.4 Å². The summed E-state index contributed by atoms with van der Waals surface area (Å²) in [5.41, 5.74) is 0. The molecule has 2 N–H and O–H groups in total. The molecule has 0 aliphatic carbocycles. The molecule has 0 bridgehead atoms. The van der Waals surface area contributed by atoms with Gasteiger partial charge in [-0.1, -0.05) is 13.0 Å². The number of aromatic nitrogens is 1. The minimum Gasteiger partial charge on any atom is -0.357 e. The van der Waals surface area contributed by atoms with Crippen molar-refractivity contribution in [1.82, 2.24) is 25.4 Å². The van der Waals surface area contributed by atoms with Gasteiger partial charge in [0, 0.05) is 64.5 Å². The number of pyridine rings is 1. The van der Waals surface area contributed by atoms with Crippen LogP contribution in [0.25, 0.3) is 0 Å². The van der Waals surface area contributed by atoms with E-state index in [-0.39, 0.29) is 5.91 Å². The lowest BCUT2D eigenvalue weighted by Gasteiger charge is -2.35. The molecule has 0 aromatic carbocycles. The van der Waals surface area contributed by atoms with E-state index < -0.39 is 0 Å². The molecule has 0 spiro atoms. The number of piperidine rings is 1. The normalized spacial score (nSPS) is 18.8. The number of hydrogen-bond donors (Lipinski definition) is 2. The third-order valence-corrected chi connectivity index (χ3v) is 6.01. The van der Waals surface area contributed by atoms with Gasteiger partial charge in [-0.15, -0.1) is 0 Å². The molecule has 0 atom stereocenters. The lowest BCUT2D eigenvalue weighted by molar-refractivity contribution is -0.131. The lowest BCUT2D eigenvalue weighted by atomic mass is 10.1. The topological polar surface area (TPSA) is 76.1 Å². The van der Waals surface area contributed by atoms with E-state index in [4.69, 9.17) is 0 Å². The summed E-state index contributed by atoms with van der Waals surface area (Å²) in [4.78, 5) is 28.5. The van der Waals surface area contributed by atoms with Gasteiger partial charge >= 0.3 is 0 Å². The highest BCUT2D eigenvalue weighted by molar-refractivity contribution is 5.81. The molecule has 31 heavy (non-hydrogen) atoms. The van der Waals surface area contributed by atoms with Gasteiger partial charge in [-0.3, -0.25) is 9.79 Å². The van der Waals surface area contributed by atoms with Gasteiger partial charge in [-0.05, 0) is 44.9 Å². The minimum atomic E-state index is 0.188. The van der Waals surface area contributed by atoms with Crippen molar-refractivity contribution in [2.75, 3.05) is 63.8 Å². The average molecular weight is 430 g/mol. The summed E-state index contributed by atoms with van der Waals surface area (Å²) < 4.78 is 0.